The number of aliphatic imine (C=N–C) groups is 1. The van der Waals surface area contributed by atoms with E-state index in [0.717, 1.165) is 49.8 Å². The summed E-state index contributed by atoms with van der Waals surface area (Å²) in [6.45, 7) is 5.78. The van der Waals surface area contributed by atoms with E-state index in [4.69, 9.17) is 10.7 Å². The monoisotopic (exact) mass is 434 g/mol. The lowest BCUT2D eigenvalue weighted by molar-refractivity contribution is -0.122. The Morgan fingerprint density at radius 2 is 2.03 bits per heavy atom. The van der Waals surface area contributed by atoms with Gasteiger partial charge in [-0.05, 0) is 44.2 Å². The number of pyridine rings is 1. The molecule has 0 bridgehead atoms. The number of carbonyl (C=O) groups excluding carboxylic acids is 1. The van der Waals surface area contributed by atoms with Crippen LogP contribution in [0.25, 0.3) is 0 Å². The quantitative estimate of drug-likeness (QED) is 0.438. The highest BCUT2D eigenvalue weighted by Crippen LogP contribution is 2.47. The van der Waals surface area contributed by atoms with Crippen molar-refractivity contribution in [3.63, 3.8) is 0 Å². The average Bonchev–Trinajstić information content (AvgIpc) is 3.63. The van der Waals surface area contributed by atoms with E-state index in [1.165, 1.54) is 18.4 Å². The highest BCUT2D eigenvalue weighted by molar-refractivity contribution is 5.80. The number of benzene rings is 1. The minimum absolute atomic E-state index is 0.117. The summed E-state index contributed by atoms with van der Waals surface area (Å²) >= 11 is 0. The number of anilines is 1. The van der Waals surface area contributed by atoms with Crippen molar-refractivity contribution in [1.82, 2.24) is 15.6 Å². The first kappa shape index (κ1) is 22.1. The predicted molar refractivity (Wildman–Crippen MR) is 129 cm³/mol. The van der Waals surface area contributed by atoms with Crippen LogP contribution >= 0.6 is 0 Å². The third-order valence-electron chi connectivity index (χ3n) is 6.58. The molecule has 1 atom stereocenters. The van der Waals surface area contributed by atoms with E-state index in [1.807, 2.05) is 6.07 Å². The van der Waals surface area contributed by atoms with Crippen LogP contribution in [0.5, 0.6) is 0 Å². The van der Waals surface area contributed by atoms with E-state index in [-0.39, 0.29) is 17.2 Å². The van der Waals surface area contributed by atoms with Gasteiger partial charge in [0.2, 0.25) is 5.91 Å². The predicted octanol–water partition coefficient (Wildman–Crippen LogP) is 2.57. The Balaban J connectivity index is 1.44. The van der Waals surface area contributed by atoms with Crippen LogP contribution in [0.4, 0.5) is 5.82 Å². The number of nitrogens with zero attached hydrogens (tertiary/aromatic N) is 3. The number of amides is 1. The van der Waals surface area contributed by atoms with Gasteiger partial charge in [0, 0.05) is 43.4 Å². The third-order valence-corrected chi connectivity index (χ3v) is 6.58. The van der Waals surface area contributed by atoms with Gasteiger partial charge in [0.1, 0.15) is 5.82 Å². The molecule has 2 aliphatic rings. The summed E-state index contributed by atoms with van der Waals surface area (Å²) in [6.07, 6.45) is 6.00. The molecule has 2 fully saturated rings. The van der Waals surface area contributed by atoms with Crippen LogP contribution in [0, 0.1) is 5.92 Å². The minimum Gasteiger partial charge on any atom is -0.369 e. The number of nitrogens with one attached hydrogen (secondary N) is 2. The van der Waals surface area contributed by atoms with E-state index in [9.17, 15) is 4.79 Å². The van der Waals surface area contributed by atoms with Crippen LogP contribution in [-0.2, 0) is 16.8 Å². The molecule has 7 heteroatoms. The van der Waals surface area contributed by atoms with Crippen LogP contribution < -0.4 is 21.3 Å². The molecule has 0 spiro atoms. The van der Waals surface area contributed by atoms with E-state index >= 15 is 0 Å². The largest absolute Gasteiger partial charge is 0.369 e. The first-order valence-corrected chi connectivity index (χ1v) is 11.7. The first-order chi connectivity index (χ1) is 15.6. The second kappa shape index (κ2) is 10.0. The van der Waals surface area contributed by atoms with Gasteiger partial charge in [-0.2, -0.15) is 0 Å². The van der Waals surface area contributed by atoms with Crippen molar-refractivity contribution in [3.05, 3.63) is 59.8 Å². The number of aromatic nitrogens is 1. The smallest absolute Gasteiger partial charge is 0.222 e. The molecule has 7 nitrogen and oxygen atoms in total. The van der Waals surface area contributed by atoms with Crippen LogP contribution in [0.15, 0.2) is 53.7 Å². The Hall–Kier alpha value is -3.09. The Labute approximate surface area is 190 Å². The number of nitrogens with two attached hydrogens (primary N) is 1. The van der Waals surface area contributed by atoms with Crippen LogP contribution in [0.3, 0.4) is 0 Å². The highest BCUT2D eigenvalue weighted by Gasteiger charge is 2.44. The summed E-state index contributed by atoms with van der Waals surface area (Å²) in [5, 5.41) is 6.93. The second-order valence-electron chi connectivity index (χ2n) is 8.87. The van der Waals surface area contributed by atoms with E-state index in [1.54, 1.807) is 6.20 Å². The molecule has 0 radical (unpaired) electrons. The molecule has 4 rings (SSSR count). The number of primary amides is 1. The van der Waals surface area contributed by atoms with Gasteiger partial charge in [-0.15, -0.1) is 0 Å². The minimum atomic E-state index is -0.226. The molecule has 2 aromatic rings. The zero-order chi connectivity index (χ0) is 22.4. The molecule has 2 heterocycles. The fraction of sp³-hybridized carbons (Fsp3) is 0.480. The maximum absolute atomic E-state index is 11.7. The molecule has 1 aromatic carbocycles. The van der Waals surface area contributed by atoms with Crippen molar-refractivity contribution in [2.75, 3.05) is 31.1 Å². The summed E-state index contributed by atoms with van der Waals surface area (Å²) in [5.74, 6) is 1.38. The Morgan fingerprint density at radius 1 is 1.22 bits per heavy atom. The van der Waals surface area contributed by atoms with Crippen molar-refractivity contribution >= 4 is 17.7 Å². The molecular weight excluding hydrogens is 400 g/mol. The molecular formula is C25H34N6O. The SMILES string of the molecule is CCNC(=NCc1cccnc1N1CCCC(C(N)=O)C1)NCC1(c2ccccc2)CC1. The summed E-state index contributed by atoms with van der Waals surface area (Å²) in [5.41, 5.74) is 8.24. The molecule has 170 valence electrons. The van der Waals surface area contributed by atoms with Crippen LogP contribution in [0.2, 0.25) is 0 Å². The molecule has 1 aromatic heterocycles. The van der Waals surface area contributed by atoms with Crippen molar-refractivity contribution in [2.24, 2.45) is 16.6 Å². The number of piperidine rings is 1. The van der Waals surface area contributed by atoms with Crippen LogP contribution in [-0.4, -0.2) is 43.0 Å². The molecule has 32 heavy (non-hydrogen) atoms. The summed E-state index contributed by atoms with van der Waals surface area (Å²) in [7, 11) is 0. The van der Waals surface area contributed by atoms with E-state index < -0.39 is 0 Å². The molecule has 1 amide bonds. The fourth-order valence-corrected chi connectivity index (χ4v) is 4.51. The molecule has 4 N–H and O–H groups in total. The average molecular weight is 435 g/mol. The molecule has 1 aliphatic carbocycles. The zero-order valence-corrected chi connectivity index (χ0v) is 18.9. The maximum Gasteiger partial charge on any atom is 0.222 e. The van der Waals surface area contributed by atoms with Gasteiger partial charge < -0.3 is 21.3 Å². The van der Waals surface area contributed by atoms with Gasteiger partial charge in [-0.25, -0.2) is 9.98 Å². The molecule has 1 aliphatic heterocycles. The lowest BCUT2D eigenvalue weighted by Crippen LogP contribution is -2.42. The Bertz CT molecular complexity index is 940. The van der Waals surface area contributed by atoms with E-state index in [2.05, 4.69) is 63.8 Å². The molecule has 1 saturated carbocycles. The number of hydrogen-bond donors (Lipinski definition) is 3. The standard InChI is InChI=1S/C25H34N6O/c1-2-27-24(30-18-25(12-13-25)21-10-4-3-5-11-21)29-16-19-8-6-14-28-23(19)31-15-7-9-20(17-31)22(26)32/h3-6,8,10-11,14,20H,2,7,9,12-13,15-18H2,1H3,(H2,26,32)(H2,27,29,30). The van der Waals surface area contributed by atoms with Crippen molar-refractivity contribution in [1.29, 1.82) is 0 Å². The van der Waals surface area contributed by atoms with Crippen molar-refractivity contribution in [3.8, 4) is 0 Å². The number of guanidine groups is 1. The lowest BCUT2D eigenvalue weighted by Gasteiger charge is -2.33. The van der Waals surface area contributed by atoms with Gasteiger partial charge in [0.15, 0.2) is 5.96 Å². The van der Waals surface area contributed by atoms with Gasteiger partial charge in [0.25, 0.3) is 0 Å². The van der Waals surface area contributed by atoms with Gasteiger partial charge >= 0.3 is 0 Å². The van der Waals surface area contributed by atoms with Crippen molar-refractivity contribution in [2.45, 2.75) is 44.6 Å². The van der Waals surface area contributed by atoms with Gasteiger partial charge in [-0.1, -0.05) is 36.4 Å². The fourth-order valence-electron chi connectivity index (χ4n) is 4.51. The Kier molecular flexibility index (Phi) is 6.93. The third kappa shape index (κ3) is 5.21. The van der Waals surface area contributed by atoms with E-state index in [0.29, 0.717) is 13.1 Å². The highest BCUT2D eigenvalue weighted by atomic mass is 16.1. The molecule has 1 saturated heterocycles. The van der Waals surface area contributed by atoms with Crippen LogP contribution in [0.1, 0.15) is 43.7 Å². The topological polar surface area (TPSA) is 95.6 Å². The summed E-state index contributed by atoms with van der Waals surface area (Å²) in [4.78, 5) is 23.4. The Morgan fingerprint density at radius 3 is 2.75 bits per heavy atom. The second-order valence-corrected chi connectivity index (χ2v) is 8.87. The first-order valence-electron chi connectivity index (χ1n) is 11.7. The van der Waals surface area contributed by atoms with Crippen molar-refractivity contribution < 1.29 is 4.79 Å². The lowest BCUT2D eigenvalue weighted by atomic mass is 9.96. The molecule has 1 unspecified atom stereocenters. The number of carbonyl (C=O) groups is 1. The summed E-state index contributed by atoms with van der Waals surface area (Å²) in [6, 6.07) is 14.7. The van der Waals surface area contributed by atoms with Gasteiger partial charge in [0.05, 0.1) is 12.5 Å². The maximum atomic E-state index is 11.7. The number of hydrogen-bond acceptors (Lipinski definition) is 4. The van der Waals surface area contributed by atoms with Gasteiger partial charge in [-0.3, -0.25) is 4.79 Å². The zero-order valence-electron chi connectivity index (χ0n) is 18.9. The number of rotatable bonds is 8. The summed E-state index contributed by atoms with van der Waals surface area (Å²) < 4.78 is 0. The normalized spacial score (nSPS) is 20.0.